The number of amides is 1. The molecule has 10 heteroatoms. The van der Waals surface area contributed by atoms with Crippen molar-refractivity contribution in [2.24, 2.45) is 7.05 Å². The van der Waals surface area contributed by atoms with Crippen LogP contribution in [0.3, 0.4) is 0 Å². The first-order chi connectivity index (χ1) is 15.0. The number of carbonyl (C=O) groups is 2. The summed E-state index contributed by atoms with van der Waals surface area (Å²) in [5.74, 6) is -1.23. The largest absolute Gasteiger partial charge is 0.480 e. The van der Waals surface area contributed by atoms with E-state index >= 15 is 0 Å². The molecule has 2 aromatic heterocycles. The van der Waals surface area contributed by atoms with Gasteiger partial charge in [0, 0.05) is 30.4 Å². The number of carboxylic acid groups (broad SMARTS) is 1. The van der Waals surface area contributed by atoms with Gasteiger partial charge in [-0.05, 0) is 58.6 Å². The van der Waals surface area contributed by atoms with Crippen molar-refractivity contribution in [2.75, 3.05) is 0 Å². The van der Waals surface area contributed by atoms with E-state index in [1.54, 1.807) is 33.9 Å². The molecule has 1 amide bonds. The zero-order valence-electron chi connectivity index (χ0n) is 18.7. The first-order valence-corrected chi connectivity index (χ1v) is 10.5. The topological polar surface area (TPSA) is 133 Å². The Hall–Kier alpha value is -3.43. The van der Waals surface area contributed by atoms with Crippen molar-refractivity contribution < 1.29 is 19.4 Å². The first kappa shape index (κ1) is 23.2. The van der Waals surface area contributed by atoms with E-state index in [1.165, 1.54) is 16.8 Å². The summed E-state index contributed by atoms with van der Waals surface area (Å²) in [4.78, 5) is 53.5. The number of nitrogens with zero attached hydrogens (tertiary/aromatic N) is 3. The van der Waals surface area contributed by atoms with Crippen LogP contribution in [0.25, 0.3) is 5.69 Å². The number of aliphatic carboxylic acids is 1. The zero-order chi connectivity index (χ0) is 23.6. The number of hydrogen-bond acceptors (Lipinski definition) is 6. The Morgan fingerprint density at radius 3 is 2.50 bits per heavy atom. The van der Waals surface area contributed by atoms with E-state index in [9.17, 15) is 24.3 Å². The monoisotopic (exact) mass is 444 g/mol. The van der Waals surface area contributed by atoms with Crippen LogP contribution in [0.2, 0.25) is 0 Å². The molecule has 3 rings (SSSR count). The lowest BCUT2D eigenvalue weighted by atomic mass is 9.97. The second-order valence-corrected chi connectivity index (χ2v) is 8.86. The number of ether oxygens (including phenoxy) is 1. The van der Waals surface area contributed by atoms with Crippen molar-refractivity contribution in [2.45, 2.75) is 64.5 Å². The van der Waals surface area contributed by atoms with Gasteiger partial charge in [0.25, 0.3) is 5.56 Å². The van der Waals surface area contributed by atoms with Gasteiger partial charge in [0.2, 0.25) is 0 Å². The summed E-state index contributed by atoms with van der Waals surface area (Å²) in [7, 11) is 1.66. The lowest BCUT2D eigenvalue weighted by Crippen LogP contribution is -2.44. The highest BCUT2D eigenvalue weighted by atomic mass is 16.6. The number of rotatable bonds is 5. The molecule has 2 aromatic rings. The lowest BCUT2D eigenvalue weighted by molar-refractivity contribution is -0.139. The normalized spacial score (nSPS) is 14.4. The molecule has 1 atom stereocenters. The summed E-state index contributed by atoms with van der Waals surface area (Å²) in [6.45, 7) is 5.03. The highest BCUT2D eigenvalue weighted by Gasteiger charge is 2.25. The van der Waals surface area contributed by atoms with Crippen LogP contribution in [-0.4, -0.2) is 42.9 Å². The maximum atomic E-state index is 13.0. The number of pyridine rings is 1. The fraction of sp³-hybridized carbons (Fsp3) is 0.500. The second-order valence-electron chi connectivity index (χ2n) is 8.86. The summed E-state index contributed by atoms with van der Waals surface area (Å²) in [5.41, 5.74) is 0.563. The van der Waals surface area contributed by atoms with Gasteiger partial charge in [-0.1, -0.05) is 0 Å². The quantitative estimate of drug-likeness (QED) is 0.711. The molecule has 32 heavy (non-hydrogen) atoms. The molecule has 172 valence electrons. The molecule has 0 saturated carbocycles. The molecule has 1 unspecified atom stereocenters. The van der Waals surface area contributed by atoms with Crippen molar-refractivity contribution in [3.05, 3.63) is 56.1 Å². The Kier molecular flexibility index (Phi) is 6.52. The Labute approximate surface area is 184 Å². The van der Waals surface area contributed by atoms with E-state index in [4.69, 9.17) is 4.74 Å². The summed E-state index contributed by atoms with van der Waals surface area (Å²) in [6.07, 6.45) is 3.61. The van der Waals surface area contributed by atoms with Gasteiger partial charge < -0.3 is 19.7 Å². The SMILES string of the molecule is Cn1c2c(c(=O)n(-c3ccc(CC(NC(=O)OC(C)(C)C)C(=O)O)nc3)c1=O)CCCC2. The highest BCUT2D eigenvalue weighted by molar-refractivity contribution is 5.80. The van der Waals surface area contributed by atoms with E-state index in [-0.39, 0.29) is 12.0 Å². The third-order valence-corrected chi connectivity index (χ3v) is 5.25. The highest BCUT2D eigenvalue weighted by Crippen LogP contribution is 2.17. The minimum Gasteiger partial charge on any atom is -0.480 e. The molecule has 0 aliphatic heterocycles. The standard InChI is InChI=1S/C22H28N4O6/c1-22(2,3)32-20(30)24-16(19(28)29)11-13-9-10-14(12-23-13)26-18(27)15-7-5-6-8-17(15)25(4)21(26)31/h9-10,12,16H,5-8,11H2,1-4H3,(H,24,30)(H,28,29). The van der Waals surface area contributed by atoms with E-state index in [2.05, 4.69) is 10.3 Å². The zero-order valence-corrected chi connectivity index (χ0v) is 18.7. The van der Waals surface area contributed by atoms with Gasteiger partial charge >= 0.3 is 17.8 Å². The van der Waals surface area contributed by atoms with Crippen LogP contribution in [-0.2, 0) is 35.8 Å². The van der Waals surface area contributed by atoms with Gasteiger partial charge in [-0.3, -0.25) is 9.78 Å². The van der Waals surface area contributed by atoms with Crippen LogP contribution in [0.1, 0.15) is 50.6 Å². The molecule has 1 aliphatic carbocycles. The maximum Gasteiger partial charge on any atom is 0.408 e. The van der Waals surface area contributed by atoms with Gasteiger partial charge in [-0.25, -0.2) is 19.0 Å². The van der Waals surface area contributed by atoms with Crippen LogP contribution >= 0.6 is 0 Å². The Morgan fingerprint density at radius 1 is 1.22 bits per heavy atom. The Bertz CT molecular complexity index is 1140. The first-order valence-electron chi connectivity index (χ1n) is 10.5. The Balaban J connectivity index is 1.84. The van der Waals surface area contributed by atoms with Gasteiger partial charge in [0.05, 0.1) is 11.9 Å². The number of hydrogen-bond donors (Lipinski definition) is 2. The molecule has 0 spiro atoms. The van der Waals surface area contributed by atoms with Crippen molar-refractivity contribution in [3.63, 3.8) is 0 Å². The van der Waals surface area contributed by atoms with E-state index in [1.807, 2.05) is 0 Å². The predicted molar refractivity (Wildman–Crippen MR) is 116 cm³/mol. The number of aromatic nitrogens is 3. The second kappa shape index (κ2) is 8.97. The fourth-order valence-corrected chi connectivity index (χ4v) is 3.73. The fourth-order valence-electron chi connectivity index (χ4n) is 3.73. The van der Waals surface area contributed by atoms with Crippen LogP contribution in [0, 0.1) is 0 Å². The van der Waals surface area contributed by atoms with Crippen LogP contribution in [0.15, 0.2) is 27.9 Å². The molecule has 10 nitrogen and oxygen atoms in total. The predicted octanol–water partition coefficient (Wildman–Crippen LogP) is 1.33. The van der Waals surface area contributed by atoms with E-state index in [0.29, 0.717) is 29.8 Å². The van der Waals surface area contributed by atoms with Gasteiger partial charge in [0.1, 0.15) is 11.6 Å². The van der Waals surface area contributed by atoms with E-state index < -0.39 is 29.4 Å². The molecule has 2 heterocycles. The molecule has 0 saturated heterocycles. The number of alkyl carbamates (subject to hydrolysis) is 1. The lowest BCUT2D eigenvalue weighted by Gasteiger charge is -2.22. The Morgan fingerprint density at radius 2 is 1.91 bits per heavy atom. The molecular weight excluding hydrogens is 416 g/mol. The molecule has 0 bridgehead atoms. The van der Waals surface area contributed by atoms with Crippen molar-refractivity contribution in [3.8, 4) is 5.69 Å². The summed E-state index contributed by atoms with van der Waals surface area (Å²) >= 11 is 0. The molecule has 0 radical (unpaired) electrons. The average Bonchev–Trinajstić information content (AvgIpc) is 2.71. The number of fused-ring (bicyclic) bond motifs is 1. The smallest absolute Gasteiger partial charge is 0.408 e. The number of carbonyl (C=O) groups excluding carboxylic acids is 1. The van der Waals surface area contributed by atoms with Gasteiger partial charge in [-0.15, -0.1) is 0 Å². The summed E-state index contributed by atoms with van der Waals surface area (Å²) < 4.78 is 7.71. The van der Waals surface area contributed by atoms with Gasteiger partial charge in [-0.2, -0.15) is 0 Å². The molecule has 2 N–H and O–H groups in total. The molecule has 1 aliphatic rings. The number of carboxylic acids is 1. The molecule has 0 aromatic carbocycles. The third-order valence-electron chi connectivity index (χ3n) is 5.25. The summed E-state index contributed by atoms with van der Waals surface area (Å²) in [5, 5.41) is 11.8. The van der Waals surface area contributed by atoms with Crippen molar-refractivity contribution in [1.29, 1.82) is 0 Å². The number of nitrogens with one attached hydrogen (secondary N) is 1. The third kappa shape index (κ3) is 5.06. The van der Waals surface area contributed by atoms with Crippen LogP contribution < -0.4 is 16.6 Å². The van der Waals surface area contributed by atoms with E-state index in [0.717, 1.165) is 23.1 Å². The minimum absolute atomic E-state index is 0.0913. The molecular formula is C22H28N4O6. The minimum atomic E-state index is -1.25. The van der Waals surface area contributed by atoms with Crippen molar-refractivity contribution in [1.82, 2.24) is 19.4 Å². The van der Waals surface area contributed by atoms with Crippen LogP contribution in [0.4, 0.5) is 4.79 Å². The average molecular weight is 444 g/mol. The van der Waals surface area contributed by atoms with Gasteiger partial charge in [0.15, 0.2) is 0 Å². The van der Waals surface area contributed by atoms with Crippen LogP contribution in [0.5, 0.6) is 0 Å². The molecule has 0 fully saturated rings. The van der Waals surface area contributed by atoms with Crippen molar-refractivity contribution >= 4 is 12.1 Å². The summed E-state index contributed by atoms with van der Waals surface area (Å²) in [6, 6.07) is 1.84. The maximum absolute atomic E-state index is 13.0.